The summed E-state index contributed by atoms with van der Waals surface area (Å²) in [6, 6.07) is 0. The van der Waals surface area contributed by atoms with Gasteiger partial charge in [-0.3, -0.25) is 0 Å². The van der Waals surface area contributed by atoms with Gasteiger partial charge in [0, 0.05) is 31.0 Å². The molecule has 0 unspecified atom stereocenters. The fraction of sp³-hybridized carbons (Fsp3) is 0.600. The lowest BCUT2D eigenvalue weighted by Gasteiger charge is -2.05. The number of aliphatic hydroxyl groups excluding tert-OH is 1. The number of rotatable bonds is 8. The summed E-state index contributed by atoms with van der Waals surface area (Å²) in [4.78, 5) is 7.81. The van der Waals surface area contributed by atoms with Crippen LogP contribution in [0, 0.1) is 0 Å². The van der Waals surface area contributed by atoms with Crippen LogP contribution in [0.3, 0.4) is 0 Å². The molecule has 0 saturated carbocycles. The number of anilines is 1. The molecular weight excluding hydrogens is 206 g/mol. The van der Waals surface area contributed by atoms with Crippen LogP contribution >= 0.6 is 0 Å². The van der Waals surface area contributed by atoms with Gasteiger partial charge in [0.1, 0.15) is 0 Å². The number of hydrogen-bond donors (Lipinski definition) is 4. The Morgan fingerprint density at radius 1 is 1.12 bits per heavy atom. The first kappa shape index (κ1) is 12.8. The van der Waals surface area contributed by atoms with E-state index in [1.54, 1.807) is 12.4 Å². The van der Waals surface area contributed by atoms with Gasteiger partial charge < -0.3 is 21.5 Å². The maximum Gasteiger partial charge on any atom is 0.219 e. The summed E-state index contributed by atoms with van der Waals surface area (Å²) in [5, 5.41) is 14.9. The van der Waals surface area contributed by atoms with E-state index < -0.39 is 0 Å². The average molecular weight is 225 g/mol. The Morgan fingerprint density at radius 2 is 1.81 bits per heavy atom. The van der Waals surface area contributed by atoms with Gasteiger partial charge in [-0.15, -0.1) is 0 Å². The van der Waals surface area contributed by atoms with Crippen LogP contribution in [-0.2, 0) is 6.54 Å². The molecular formula is C10H19N5O. The quantitative estimate of drug-likeness (QED) is 0.429. The minimum Gasteiger partial charge on any atom is -0.395 e. The van der Waals surface area contributed by atoms with Crippen molar-refractivity contribution in [2.75, 3.05) is 32.0 Å². The van der Waals surface area contributed by atoms with Crippen LogP contribution in [0.1, 0.15) is 12.0 Å². The summed E-state index contributed by atoms with van der Waals surface area (Å²) in [6.07, 6.45) is 4.47. The number of aromatic nitrogens is 2. The molecule has 1 aromatic rings. The Hall–Kier alpha value is -1.24. The third-order valence-corrected chi connectivity index (χ3v) is 2.05. The van der Waals surface area contributed by atoms with Gasteiger partial charge in [0.05, 0.1) is 6.61 Å². The molecule has 0 radical (unpaired) electrons. The van der Waals surface area contributed by atoms with E-state index in [4.69, 9.17) is 10.8 Å². The standard InChI is InChI=1S/C10H19N5O/c11-10-14-7-9(8-15-10)6-13-3-1-2-12-4-5-16/h7-8,12-13,16H,1-6H2,(H2,11,14,15). The Labute approximate surface area is 95.3 Å². The van der Waals surface area contributed by atoms with Crippen LogP contribution in [-0.4, -0.2) is 41.3 Å². The van der Waals surface area contributed by atoms with Gasteiger partial charge in [-0.25, -0.2) is 9.97 Å². The highest BCUT2D eigenvalue weighted by molar-refractivity contribution is 5.16. The lowest BCUT2D eigenvalue weighted by atomic mass is 10.3. The summed E-state index contributed by atoms with van der Waals surface area (Å²) >= 11 is 0. The van der Waals surface area contributed by atoms with E-state index in [2.05, 4.69) is 20.6 Å². The van der Waals surface area contributed by atoms with Gasteiger partial charge in [0.2, 0.25) is 5.95 Å². The first-order chi connectivity index (χ1) is 7.83. The summed E-state index contributed by atoms with van der Waals surface area (Å²) < 4.78 is 0. The Kier molecular flexibility index (Phi) is 6.39. The minimum atomic E-state index is 0.191. The van der Waals surface area contributed by atoms with Crippen molar-refractivity contribution in [2.24, 2.45) is 0 Å². The highest BCUT2D eigenvalue weighted by atomic mass is 16.3. The Bertz CT molecular complexity index is 277. The van der Waals surface area contributed by atoms with E-state index in [1.807, 2.05) is 0 Å². The van der Waals surface area contributed by atoms with Crippen molar-refractivity contribution in [1.82, 2.24) is 20.6 Å². The highest BCUT2D eigenvalue weighted by Gasteiger charge is 1.94. The number of nitrogens with two attached hydrogens (primary N) is 1. The lowest BCUT2D eigenvalue weighted by molar-refractivity contribution is 0.292. The number of nitrogens with zero attached hydrogens (tertiary/aromatic N) is 2. The molecule has 6 heteroatoms. The Balaban J connectivity index is 2.01. The number of nitrogens with one attached hydrogen (secondary N) is 2. The molecule has 5 N–H and O–H groups in total. The zero-order chi connectivity index (χ0) is 11.6. The molecule has 1 heterocycles. The number of hydrogen-bond acceptors (Lipinski definition) is 6. The number of nitrogen functional groups attached to an aromatic ring is 1. The van der Waals surface area contributed by atoms with E-state index in [1.165, 1.54) is 0 Å². The minimum absolute atomic E-state index is 0.191. The molecule has 0 aliphatic carbocycles. The molecule has 0 aromatic carbocycles. The highest BCUT2D eigenvalue weighted by Crippen LogP contribution is 1.95. The first-order valence-electron chi connectivity index (χ1n) is 5.41. The molecule has 16 heavy (non-hydrogen) atoms. The molecule has 0 spiro atoms. The third-order valence-electron chi connectivity index (χ3n) is 2.05. The second-order valence-electron chi connectivity index (χ2n) is 3.45. The molecule has 6 nitrogen and oxygen atoms in total. The molecule has 1 rings (SSSR count). The van der Waals surface area contributed by atoms with Crippen LogP contribution in [0.4, 0.5) is 5.95 Å². The van der Waals surface area contributed by atoms with E-state index in [0.717, 1.165) is 31.6 Å². The van der Waals surface area contributed by atoms with Gasteiger partial charge >= 0.3 is 0 Å². The molecule has 0 aliphatic rings. The fourth-order valence-corrected chi connectivity index (χ4v) is 1.23. The summed E-state index contributed by atoms with van der Waals surface area (Å²) in [6.45, 7) is 3.43. The topological polar surface area (TPSA) is 96.1 Å². The van der Waals surface area contributed by atoms with Gasteiger partial charge in [-0.2, -0.15) is 0 Å². The van der Waals surface area contributed by atoms with E-state index in [9.17, 15) is 0 Å². The van der Waals surface area contributed by atoms with Crippen molar-refractivity contribution >= 4 is 5.95 Å². The van der Waals surface area contributed by atoms with Gasteiger partial charge in [-0.1, -0.05) is 0 Å². The van der Waals surface area contributed by atoms with Crippen molar-refractivity contribution in [3.8, 4) is 0 Å². The van der Waals surface area contributed by atoms with Gasteiger partial charge in [0.25, 0.3) is 0 Å². The van der Waals surface area contributed by atoms with Gasteiger partial charge in [-0.05, 0) is 19.5 Å². The van der Waals surface area contributed by atoms with Crippen LogP contribution < -0.4 is 16.4 Å². The monoisotopic (exact) mass is 225 g/mol. The summed E-state index contributed by atoms with van der Waals surface area (Å²) in [5.41, 5.74) is 6.40. The van der Waals surface area contributed by atoms with Crippen LogP contribution in [0.25, 0.3) is 0 Å². The van der Waals surface area contributed by atoms with Crippen molar-refractivity contribution in [3.63, 3.8) is 0 Å². The largest absolute Gasteiger partial charge is 0.395 e. The smallest absolute Gasteiger partial charge is 0.219 e. The zero-order valence-electron chi connectivity index (χ0n) is 9.32. The summed E-state index contributed by atoms with van der Waals surface area (Å²) in [7, 11) is 0. The van der Waals surface area contributed by atoms with Crippen molar-refractivity contribution < 1.29 is 5.11 Å². The molecule has 0 atom stereocenters. The van der Waals surface area contributed by atoms with Crippen LogP contribution in [0.2, 0.25) is 0 Å². The maximum atomic E-state index is 8.54. The number of aliphatic hydroxyl groups is 1. The van der Waals surface area contributed by atoms with E-state index in [0.29, 0.717) is 12.5 Å². The molecule has 0 amide bonds. The van der Waals surface area contributed by atoms with Gasteiger partial charge in [0.15, 0.2) is 0 Å². The van der Waals surface area contributed by atoms with Crippen molar-refractivity contribution in [3.05, 3.63) is 18.0 Å². The van der Waals surface area contributed by atoms with Crippen LogP contribution in [0.15, 0.2) is 12.4 Å². The molecule has 0 fully saturated rings. The molecule has 0 bridgehead atoms. The molecule has 0 saturated heterocycles. The maximum absolute atomic E-state index is 8.54. The predicted molar refractivity (Wildman–Crippen MR) is 62.7 cm³/mol. The SMILES string of the molecule is Nc1ncc(CNCCCNCCO)cn1. The fourth-order valence-electron chi connectivity index (χ4n) is 1.23. The molecule has 0 aliphatic heterocycles. The molecule has 90 valence electrons. The zero-order valence-corrected chi connectivity index (χ0v) is 9.32. The third kappa shape index (κ3) is 5.59. The van der Waals surface area contributed by atoms with Crippen molar-refractivity contribution in [2.45, 2.75) is 13.0 Å². The van der Waals surface area contributed by atoms with Crippen LogP contribution in [0.5, 0.6) is 0 Å². The van der Waals surface area contributed by atoms with E-state index in [-0.39, 0.29) is 6.61 Å². The average Bonchev–Trinajstić information content (AvgIpc) is 2.30. The summed E-state index contributed by atoms with van der Waals surface area (Å²) in [5.74, 6) is 0.303. The molecule has 1 aromatic heterocycles. The normalized spacial score (nSPS) is 10.6. The second-order valence-corrected chi connectivity index (χ2v) is 3.45. The van der Waals surface area contributed by atoms with Crippen molar-refractivity contribution in [1.29, 1.82) is 0 Å². The first-order valence-corrected chi connectivity index (χ1v) is 5.41. The second kappa shape index (κ2) is 7.98. The van der Waals surface area contributed by atoms with E-state index >= 15 is 0 Å². The lowest BCUT2D eigenvalue weighted by Crippen LogP contribution is -2.23. The Morgan fingerprint density at radius 3 is 2.50 bits per heavy atom. The predicted octanol–water partition coefficient (Wildman–Crippen LogP) is -0.880.